The highest BCUT2D eigenvalue weighted by atomic mass is 32.2. The van der Waals surface area contributed by atoms with E-state index >= 15 is 0 Å². The molecule has 0 unspecified atom stereocenters. The van der Waals surface area contributed by atoms with E-state index in [2.05, 4.69) is 10.6 Å². The fourth-order valence-corrected chi connectivity index (χ4v) is 3.94. The van der Waals surface area contributed by atoms with Crippen LogP contribution in [0.4, 0.5) is 11.4 Å². The van der Waals surface area contributed by atoms with Crippen molar-refractivity contribution in [3.8, 4) is 0 Å². The molecule has 0 spiro atoms. The highest BCUT2D eigenvalue weighted by Gasteiger charge is 2.18. The van der Waals surface area contributed by atoms with Gasteiger partial charge in [0.05, 0.1) is 23.2 Å². The van der Waals surface area contributed by atoms with E-state index in [1.54, 1.807) is 36.4 Å². The van der Waals surface area contributed by atoms with Crippen molar-refractivity contribution in [1.82, 2.24) is 5.32 Å². The SMILES string of the molecule is Cc1ccc(N(CCCC(=O)Nc2ccccc2C(=O)NCC(C)C)S(C)(=O)=O)cc1. The lowest BCUT2D eigenvalue weighted by Crippen LogP contribution is -2.31. The van der Waals surface area contributed by atoms with Gasteiger partial charge in [0.25, 0.3) is 5.91 Å². The number of para-hydroxylation sites is 1. The fraction of sp³-hybridized carbons (Fsp3) is 0.391. The molecule has 2 amide bonds. The molecule has 0 aliphatic rings. The fourth-order valence-electron chi connectivity index (χ4n) is 2.98. The molecule has 0 saturated carbocycles. The molecule has 0 aromatic heterocycles. The number of hydrogen-bond donors (Lipinski definition) is 2. The van der Waals surface area contributed by atoms with E-state index in [1.165, 1.54) is 4.31 Å². The van der Waals surface area contributed by atoms with Crippen molar-refractivity contribution in [1.29, 1.82) is 0 Å². The van der Waals surface area contributed by atoms with Gasteiger partial charge in [0, 0.05) is 19.5 Å². The van der Waals surface area contributed by atoms with Crippen LogP contribution in [0.25, 0.3) is 0 Å². The topological polar surface area (TPSA) is 95.6 Å². The summed E-state index contributed by atoms with van der Waals surface area (Å²) in [5, 5.41) is 5.62. The number of rotatable bonds is 10. The molecule has 0 heterocycles. The molecule has 2 rings (SSSR count). The minimum absolute atomic E-state index is 0.125. The first-order valence-corrected chi connectivity index (χ1v) is 12.1. The number of anilines is 2. The highest BCUT2D eigenvalue weighted by Crippen LogP contribution is 2.20. The summed E-state index contributed by atoms with van der Waals surface area (Å²) in [5.41, 5.74) is 2.44. The zero-order valence-electron chi connectivity index (χ0n) is 18.5. The van der Waals surface area contributed by atoms with Crippen LogP contribution in [0.3, 0.4) is 0 Å². The van der Waals surface area contributed by atoms with Crippen molar-refractivity contribution in [2.24, 2.45) is 5.92 Å². The van der Waals surface area contributed by atoms with E-state index in [0.717, 1.165) is 11.8 Å². The third kappa shape index (κ3) is 7.71. The molecular formula is C23H31N3O4S. The third-order valence-electron chi connectivity index (χ3n) is 4.60. The first-order valence-electron chi connectivity index (χ1n) is 10.3. The number of nitrogens with zero attached hydrogens (tertiary/aromatic N) is 1. The van der Waals surface area contributed by atoms with Crippen LogP contribution in [0, 0.1) is 12.8 Å². The summed E-state index contributed by atoms with van der Waals surface area (Å²) >= 11 is 0. The number of carbonyl (C=O) groups is 2. The summed E-state index contributed by atoms with van der Waals surface area (Å²) in [4.78, 5) is 24.9. The van der Waals surface area contributed by atoms with Crippen molar-refractivity contribution in [2.75, 3.05) is 29.0 Å². The Morgan fingerprint density at radius 1 is 1.03 bits per heavy atom. The molecule has 2 aromatic rings. The number of hydrogen-bond acceptors (Lipinski definition) is 4. The summed E-state index contributed by atoms with van der Waals surface area (Å²) in [6.45, 7) is 6.67. The predicted octanol–water partition coefficient (Wildman–Crippen LogP) is 3.57. The second-order valence-corrected chi connectivity index (χ2v) is 9.88. The molecule has 7 nitrogen and oxygen atoms in total. The molecule has 0 bridgehead atoms. The van der Waals surface area contributed by atoms with Crippen LogP contribution in [-0.4, -0.2) is 39.6 Å². The summed E-state index contributed by atoms with van der Waals surface area (Å²) in [7, 11) is -3.47. The van der Waals surface area contributed by atoms with Gasteiger partial charge < -0.3 is 10.6 Å². The zero-order chi connectivity index (χ0) is 23.0. The summed E-state index contributed by atoms with van der Waals surface area (Å²) in [5.74, 6) is -0.203. The van der Waals surface area contributed by atoms with E-state index in [-0.39, 0.29) is 24.8 Å². The molecule has 8 heteroatoms. The van der Waals surface area contributed by atoms with Crippen molar-refractivity contribution >= 4 is 33.2 Å². The number of nitrogens with one attached hydrogen (secondary N) is 2. The molecule has 2 aromatic carbocycles. The number of amides is 2. The van der Waals surface area contributed by atoms with Crippen molar-refractivity contribution in [3.05, 3.63) is 59.7 Å². The van der Waals surface area contributed by atoms with Gasteiger partial charge in [-0.3, -0.25) is 13.9 Å². The van der Waals surface area contributed by atoms with Crippen LogP contribution < -0.4 is 14.9 Å². The molecule has 0 aliphatic carbocycles. The van der Waals surface area contributed by atoms with Gasteiger partial charge in [0.1, 0.15) is 0 Å². The first kappa shape index (κ1) is 24.4. The molecule has 0 atom stereocenters. The normalized spacial score (nSPS) is 11.3. The molecule has 31 heavy (non-hydrogen) atoms. The predicted molar refractivity (Wildman–Crippen MR) is 125 cm³/mol. The second-order valence-electron chi connectivity index (χ2n) is 7.97. The lowest BCUT2D eigenvalue weighted by atomic mass is 10.1. The standard InChI is InChI=1S/C23H31N3O4S/c1-17(2)16-24-23(28)20-8-5-6-9-21(20)25-22(27)10-7-15-26(31(4,29)30)19-13-11-18(3)12-14-19/h5-6,8-9,11-14,17H,7,10,15-16H2,1-4H3,(H,24,28)(H,25,27). The minimum Gasteiger partial charge on any atom is -0.352 e. The van der Waals surface area contributed by atoms with Gasteiger partial charge in [-0.1, -0.05) is 43.7 Å². The van der Waals surface area contributed by atoms with Gasteiger partial charge in [-0.05, 0) is 43.5 Å². The van der Waals surface area contributed by atoms with Crippen molar-refractivity contribution in [3.63, 3.8) is 0 Å². The van der Waals surface area contributed by atoms with Gasteiger partial charge in [-0.15, -0.1) is 0 Å². The number of aryl methyl sites for hydroxylation is 1. The van der Waals surface area contributed by atoms with Gasteiger partial charge in [-0.2, -0.15) is 0 Å². The maximum Gasteiger partial charge on any atom is 0.253 e. The van der Waals surface area contributed by atoms with E-state index in [0.29, 0.717) is 35.8 Å². The van der Waals surface area contributed by atoms with E-state index in [4.69, 9.17) is 0 Å². The van der Waals surface area contributed by atoms with Crippen molar-refractivity contribution in [2.45, 2.75) is 33.6 Å². The Morgan fingerprint density at radius 2 is 1.68 bits per heavy atom. The van der Waals surface area contributed by atoms with Gasteiger partial charge in [0.2, 0.25) is 15.9 Å². The average Bonchev–Trinajstić information content (AvgIpc) is 2.70. The number of carbonyl (C=O) groups excluding carboxylic acids is 2. The third-order valence-corrected chi connectivity index (χ3v) is 5.80. The lowest BCUT2D eigenvalue weighted by Gasteiger charge is -2.22. The minimum atomic E-state index is -3.47. The van der Waals surface area contributed by atoms with Gasteiger partial charge >= 0.3 is 0 Å². The van der Waals surface area contributed by atoms with E-state index < -0.39 is 10.0 Å². The average molecular weight is 446 g/mol. The Balaban J connectivity index is 1.99. The Morgan fingerprint density at radius 3 is 2.29 bits per heavy atom. The maximum atomic E-state index is 12.5. The summed E-state index contributed by atoms with van der Waals surface area (Å²) in [6.07, 6.45) is 1.62. The molecular weight excluding hydrogens is 414 g/mol. The maximum absolute atomic E-state index is 12.5. The molecule has 0 aliphatic heterocycles. The Labute approximate surface area is 184 Å². The molecule has 0 radical (unpaired) electrons. The number of sulfonamides is 1. The molecule has 168 valence electrons. The van der Waals surface area contributed by atoms with E-state index in [1.807, 2.05) is 32.9 Å². The van der Waals surface area contributed by atoms with Crippen LogP contribution in [-0.2, 0) is 14.8 Å². The van der Waals surface area contributed by atoms with Crippen LogP contribution in [0.15, 0.2) is 48.5 Å². The summed E-state index contributed by atoms with van der Waals surface area (Å²) < 4.78 is 25.7. The Bertz CT molecular complexity index is 1000. The van der Waals surface area contributed by atoms with Crippen molar-refractivity contribution < 1.29 is 18.0 Å². The van der Waals surface area contributed by atoms with Gasteiger partial charge in [0.15, 0.2) is 0 Å². The van der Waals surface area contributed by atoms with Crippen LogP contribution in [0.5, 0.6) is 0 Å². The quantitative estimate of drug-likeness (QED) is 0.584. The van der Waals surface area contributed by atoms with Crippen LogP contribution in [0.2, 0.25) is 0 Å². The van der Waals surface area contributed by atoms with Gasteiger partial charge in [-0.25, -0.2) is 8.42 Å². The van der Waals surface area contributed by atoms with E-state index in [9.17, 15) is 18.0 Å². The number of benzene rings is 2. The second kappa shape index (κ2) is 10.9. The monoisotopic (exact) mass is 445 g/mol. The van der Waals surface area contributed by atoms with Crippen LogP contribution in [0.1, 0.15) is 42.6 Å². The Hall–Kier alpha value is -2.87. The molecule has 2 N–H and O–H groups in total. The highest BCUT2D eigenvalue weighted by molar-refractivity contribution is 7.92. The summed E-state index contributed by atoms with van der Waals surface area (Å²) in [6, 6.07) is 14.0. The first-order chi connectivity index (χ1) is 14.6. The lowest BCUT2D eigenvalue weighted by molar-refractivity contribution is -0.116. The molecule has 0 fully saturated rings. The van der Waals surface area contributed by atoms with Crippen LogP contribution >= 0.6 is 0 Å². The largest absolute Gasteiger partial charge is 0.352 e. The zero-order valence-corrected chi connectivity index (χ0v) is 19.3. The smallest absolute Gasteiger partial charge is 0.253 e. The molecule has 0 saturated heterocycles. The Kier molecular flexibility index (Phi) is 8.62.